The molecular formula is C24H32FN6O9P. The highest BCUT2D eigenvalue weighted by molar-refractivity contribution is 7.52. The van der Waals surface area contributed by atoms with E-state index in [0.29, 0.717) is 0 Å². The number of rotatable bonds is 12. The lowest BCUT2D eigenvalue weighted by atomic mass is 10.1. The van der Waals surface area contributed by atoms with Crippen LogP contribution in [0.4, 0.5) is 10.3 Å². The Hall–Kier alpha value is -3.40. The summed E-state index contributed by atoms with van der Waals surface area (Å²) in [6.45, 7) is 5.42. The number of carbonyl (C=O) groups excluding carboxylic acids is 1. The third-order valence-electron chi connectivity index (χ3n) is 5.79. The first-order valence-corrected chi connectivity index (χ1v) is 14.2. The summed E-state index contributed by atoms with van der Waals surface area (Å²) in [6, 6.07) is 6.62. The van der Waals surface area contributed by atoms with Crippen LogP contribution in [0.3, 0.4) is 0 Å². The average molecular weight is 599 g/mol. The van der Waals surface area contributed by atoms with Gasteiger partial charge in [-0.1, -0.05) is 18.2 Å². The zero-order valence-corrected chi connectivity index (χ0v) is 23.6. The van der Waals surface area contributed by atoms with Crippen LogP contribution in [0.25, 0.3) is 11.2 Å². The SMILES string of the molecule is CCOc1nc(N)nc2c1ncn2C1O[C@](F)(CO[P@@](=O)(N[C@H](C)C(=O)OC(C)C)Oc2ccccc2)[C@@H](O)[C@H]1O. The van der Waals surface area contributed by atoms with Crippen molar-refractivity contribution >= 4 is 30.8 Å². The lowest BCUT2D eigenvalue weighted by Gasteiger charge is -2.27. The van der Waals surface area contributed by atoms with Gasteiger partial charge < -0.3 is 34.7 Å². The number of aromatic nitrogens is 4. The van der Waals surface area contributed by atoms with E-state index in [0.717, 1.165) is 4.57 Å². The number of aliphatic hydroxyl groups is 2. The molecule has 3 aromatic rings. The van der Waals surface area contributed by atoms with Crippen LogP contribution in [0.1, 0.15) is 33.9 Å². The molecule has 0 aliphatic carbocycles. The first kappa shape index (κ1) is 30.6. The van der Waals surface area contributed by atoms with Crippen molar-refractivity contribution < 1.29 is 47.2 Å². The number of anilines is 1. The number of carbonyl (C=O) groups is 1. The Morgan fingerprint density at radius 2 is 1.98 bits per heavy atom. The minimum Gasteiger partial charge on any atom is -0.476 e. The molecule has 1 fully saturated rings. The van der Waals surface area contributed by atoms with E-state index in [9.17, 15) is 19.6 Å². The van der Waals surface area contributed by atoms with Crippen LogP contribution in [-0.2, 0) is 23.4 Å². The molecule has 0 bridgehead atoms. The van der Waals surface area contributed by atoms with Gasteiger partial charge in [-0.25, -0.2) is 13.9 Å². The minimum absolute atomic E-state index is 0.0413. The van der Waals surface area contributed by atoms with Crippen LogP contribution < -0.4 is 20.1 Å². The van der Waals surface area contributed by atoms with Crippen molar-refractivity contribution in [2.45, 2.75) is 64.1 Å². The topological polar surface area (TPSA) is 202 Å². The Bertz CT molecular complexity index is 1410. The second-order valence-corrected chi connectivity index (χ2v) is 11.1. The van der Waals surface area contributed by atoms with Gasteiger partial charge in [-0.3, -0.25) is 13.9 Å². The molecule has 1 aliphatic heterocycles. The molecule has 0 radical (unpaired) electrons. The number of alkyl halides is 1. The molecular weight excluding hydrogens is 566 g/mol. The Morgan fingerprint density at radius 3 is 2.63 bits per heavy atom. The van der Waals surface area contributed by atoms with Crippen LogP contribution in [-0.4, -0.2) is 79.1 Å². The number of esters is 1. The van der Waals surface area contributed by atoms with Crippen molar-refractivity contribution in [3.63, 3.8) is 0 Å². The zero-order valence-electron chi connectivity index (χ0n) is 22.7. The van der Waals surface area contributed by atoms with E-state index < -0.39 is 56.8 Å². The summed E-state index contributed by atoms with van der Waals surface area (Å²) >= 11 is 0. The second kappa shape index (κ2) is 12.2. The number of aliphatic hydroxyl groups excluding tert-OH is 2. The Morgan fingerprint density at radius 1 is 1.27 bits per heavy atom. The van der Waals surface area contributed by atoms with Crippen molar-refractivity contribution in [1.82, 2.24) is 24.6 Å². The van der Waals surface area contributed by atoms with Gasteiger partial charge in [-0.2, -0.15) is 15.1 Å². The van der Waals surface area contributed by atoms with E-state index in [2.05, 4.69) is 20.0 Å². The molecule has 0 spiro atoms. The van der Waals surface area contributed by atoms with E-state index in [-0.39, 0.29) is 35.3 Å². The predicted molar refractivity (Wildman–Crippen MR) is 141 cm³/mol. The number of hydrogen-bond donors (Lipinski definition) is 4. The lowest BCUT2D eigenvalue weighted by molar-refractivity contribution is -0.202. The van der Waals surface area contributed by atoms with Crippen molar-refractivity contribution in [3.8, 4) is 11.6 Å². The fourth-order valence-electron chi connectivity index (χ4n) is 3.93. The molecule has 224 valence electrons. The highest BCUT2D eigenvalue weighted by Crippen LogP contribution is 2.48. The van der Waals surface area contributed by atoms with Gasteiger partial charge in [0.05, 0.1) is 19.0 Å². The summed E-state index contributed by atoms with van der Waals surface area (Å²) in [4.78, 5) is 24.5. The summed E-state index contributed by atoms with van der Waals surface area (Å²) in [5, 5.41) is 23.8. The van der Waals surface area contributed by atoms with Gasteiger partial charge in [0.2, 0.25) is 11.8 Å². The van der Waals surface area contributed by atoms with E-state index >= 15 is 4.39 Å². The molecule has 1 aliphatic rings. The van der Waals surface area contributed by atoms with Crippen LogP contribution in [0.2, 0.25) is 0 Å². The smallest absolute Gasteiger partial charge is 0.459 e. The van der Waals surface area contributed by atoms with Gasteiger partial charge in [0.25, 0.3) is 5.85 Å². The number of para-hydroxylation sites is 1. The van der Waals surface area contributed by atoms with Crippen LogP contribution >= 0.6 is 7.75 Å². The number of nitrogens with two attached hydrogens (primary N) is 1. The van der Waals surface area contributed by atoms with Gasteiger partial charge in [-0.05, 0) is 39.8 Å². The Kier molecular flexibility index (Phi) is 9.11. The van der Waals surface area contributed by atoms with Crippen molar-refractivity contribution in [1.29, 1.82) is 0 Å². The lowest BCUT2D eigenvalue weighted by Crippen LogP contribution is -2.44. The monoisotopic (exact) mass is 598 g/mol. The summed E-state index contributed by atoms with van der Waals surface area (Å²) in [5.74, 6) is -3.89. The number of nitrogens with one attached hydrogen (secondary N) is 1. The molecule has 41 heavy (non-hydrogen) atoms. The van der Waals surface area contributed by atoms with E-state index in [1.807, 2.05) is 0 Å². The Balaban J connectivity index is 1.57. The summed E-state index contributed by atoms with van der Waals surface area (Å²) in [5.41, 5.74) is 5.97. The van der Waals surface area contributed by atoms with Gasteiger partial charge in [0, 0.05) is 0 Å². The third kappa shape index (κ3) is 6.74. The molecule has 2 aromatic heterocycles. The van der Waals surface area contributed by atoms with Crippen molar-refractivity contribution in [2.24, 2.45) is 0 Å². The van der Waals surface area contributed by atoms with Crippen LogP contribution in [0.5, 0.6) is 11.6 Å². The van der Waals surface area contributed by atoms with Gasteiger partial charge in [0.15, 0.2) is 17.4 Å². The number of hydrogen-bond acceptors (Lipinski definition) is 13. The molecule has 0 saturated carbocycles. The molecule has 5 N–H and O–H groups in total. The number of fused-ring (bicyclic) bond motifs is 1. The molecule has 0 amide bonds. The van der Waals surface area contributed by atoms with Crippen LogP contribution in [0.15, 0.2) is 36.7 Å². The molecule has 3 heterocycles. The van der Waals surface area contributed by atoms with E-state index in [1.54, 1.807) is 39.0 Å². The predicted octanol–water partition coefficient (Wildman–Crippen LogP) is 1.86. The number of halogens is 1. The van der Waals surface area contributed by atoms with E-state index in [4.69, 9.17) is 29.0 Å². The fraction of sp³-hybridized carbons (Fsp3) is 0.500. The zero-order chi connectivity index (χ0) is 29.9. The van der Waals surface area contributed by atoms with Crippen molar-refractivity contribution in [3.05, 3.63) is 36.7 Å². The maximum Gasteiger partial charge on any atom is 0.459 e. The maximum absolute atomic E-state index is 16.0. The first-order valence-electron chi connectivity index (χ1n) is 12.7. The Labute approximate surface area is 234 Å². The van der Waals surface area contributed by atoms with Gasteiger partial charge in [-0.15, -0.1) is 0 Å². The average Bonchev–Trinajstić information content (AvgIpc) is 3.42. The number of nitrogen functional groups attached to an aromatic ring is 1. The highest BCUT2D eigenvalue weighted by Gasteiger charge is 2.57. The van der Waals surface area contributed by atoms with Gasteiger partial charge >= 0.3 is 13.7 Å². The largest absolute Gasteiger partial charge is 0.476 e. The summed E-state index contributed by atoms with van der Waals surface area (Å²) < 4.78 is 57.7. The minimum atomic E-state index is -4.51. The summed E-state index contributed by atoms with van der Waals surface area (Å²) in [6.07, 6.45) is -4.86. The van der Waals surface area contributed by atoms with Crippen molar-refractivity contribution in [2.75, 3.05) is 18.9 Å². The quantitative estimate of drug-likeness (QED) is 0.174. The molecule has 4 rings (SSSR count). The number of nitrogens with zero attached hydrogens (tertiary/aromatic N) is 4. The number of benzene rings is 1. The standard InChI is InChI=1S/C24H32FN6O9P/c1-5-36-20-16-19(28-23(26)29-20)31(12-27-16)21-17(32)18(33)24(25,39-21)11-37-41(35,40-15-9-7-6-8-10-15)30-14(4)22(34)38-13(2)3/h6-10,12-14,17-18,21,32-33H,5,11H2,1-4H3,(H,30,35)(H2,26,28,29)/t14-,17-,18+,21?,24-,41+/m1/s1. The molecule has 6 atom stereocenters. The fourth-order valence-corrected chi connectivity index (χ4v) is 5.43. The van der Waals surface area contributed by atoms with E-state index in [1.165, 1.54) is 25.4 Å². The number of ether oxygens (including phenoxy) is 3. The second-order valence-electron chi connectivity index (χ2n) is 9.39. The first-order chi connectivity index (χ1) is 19.4. The third-order valence-corrected chi connectivity index (χ3v) is 7.42. The maximum atomic E-state index is 16.0. The molecule has 15 nitrogen and oxygen atoms in total. The molecule has 1 saturated heterocycles. The number of imidazole rings is 1. The highest BCUT2D eigenvalue weighted by atomic mass is 31.2. The summed E-state index contributed by atoms with van der Waals surface area (Å²) in [7, 11) is -4.51. The van der Waals surface area contributed by atoms with Crippen LogP contribution in [0, 0.1) is 0 Å². The molecule has 17 heteroatoms. The van der Waals surface area contributed by atoms with Gasteiger partial charge in [0.1, 0.15) is 30.6 Å². The normalized spacial score (nSPS) is 24.7. The molecule has 1 unspecified atom stereocenters. The molecule has 1 aromatic carbocycles.